The molecule has 0 amide bonds. The molecule has 0 aliphatic carbocycles. The van der Waals surface area contributed by atoms with Crippen LogP contribution in [0.4, 0.5) is 0 Å². The Morgan fingerprint density at radius 3 is 2.67 bits per heavy atom. The Balaban J connectivity index is 2.75. The van der Waals surface area contributed by atoms with Crippen LogP contribution in [0.1, 0.15) is 47.5 Å². The van der Waals surface area contributed by atoms with Crippen LogP contribution in [0.3, 0.4) is 0 Å². The van der Waals surface area contributed by atoms with Gasteiger partial charge in [-0.15, -0.1) is 0 Å². The molecule has 106 valence electrons. The Morgan fingerprint density at radius 2 is 2.17 bits per heavy atom. The van der Waals surface area contributed by atoms with Gasteiger partial charge in [0.05, 0.1) is 18.3 Å². The SMILES string of the molecule is CCCC(C(=O)OCC)N1CC(C)OC(C)(C)C1. The van der Waals surface area contributed by atoms with E-state index in [9.17, 15) is 4.79 Å². The highest BCUT2D eigenvalue weighted by atomic mass is 16.5. The van der Waals surface area contributed by atoms with Crippen molar-refractivity contribution in [2.45, 2.75) is 65.2 Å². The molecule has 2 atom stereocenters. The van der Waals surface area contributed by atoms with Crippen molar-refractivity contribution in [3.8, 4) is 0 Å². The molecule has 4 heteroatoms. The predicted octanol–water partition coefficient (Wildman–Crippen LogP) is 2.22. The van der Waals surface area contributed by atoms with Gasteiger partial charge in [0.25, 0.3) is 0 Å². The van der Waals surface area contributed by atoms with Crippen LogP contribution in [0.25, 0.3) is 0 Å². The molecule has 0 bridgehead atoms. The van der Waals surface area contributed by atoms with Crippen LogP contribution < -0.4 is 0 Å². The first-order chi connectivity index (χ1) is 8.39. The van der Waals surface area contributed by atoms with E-state index in [1.165, 1.54) is 0 Å². The zero-order chi connectivity index (χ0) is 13.8. The largest absolute Gasteiger partial charge is 0.465 e. The Morgan fingerprint density at radius 1 is 1.50 bits per heavy atom. The molecule has 18 heavy (non-hydrogen) atoms. The predicted molar refractivity (Wildman–Crippen MR) is 71.5 cm³/mol. The zero-order valence-electron chi connectivity index (χ0n) is 12.4. The minimum atomic E-state index is -0.198. The normalized spacial score (nSPS) is 25.7. The number of rotatable bonds is 5. The van der Waals surface area contributed by atoms with Gasteiger partial charge in [0.15, 0.2) is 0 Å². The van der Waals surface area contributed by atoms with Crippen LogP contribution in [0.15, 0.2) is 0 Å². The van der Waals surface area contributed by atoms with Gasteiger partial charge in [-0.1, -0.05) is 13.3 Å². The summed E-state index contributed by atoms with van der Waals surface area (Å²) in [4.78, 5) is 14.3. The van der Waals surface area contributed by atoms with Gasteiger partial charge in [-0.2, -0.15) is 0 Å². The number of ether oxygens (including phenoxy) is 2. The number of carbonyl (C=O) groups is 1. The molecule has 0 spiro atoms. The van der Waals surface area contributed by atoms with Crippen LogP contribution in [-0.4, -0.2) is 48.3 Å². The van der Waals surface area contributed by atoms with Crippen molar-refractivity contribution in [2.24, 2.45) is 0 Å². The van der Waals surface area contributed by atoms with Gasteiger partial charge in [-0.25, -0.2) is 0 Å². The molecule has 1 aliphatic heterocycles. The summed E-state index contributed by atoms with van der Waals surface area (Å²) in [6.07, 6.45) is 1.99. The summed E-state index contributed by atoms with van der Waals surface area (Å²) in [6, 6.07) is -0.124. The lowest BCUT2D eigenvalue weighted by molar-refractivity contribution is -0.164. The summed E-state index contributed by atoms with van der Waals surface area (Å²) < 4.78 is 11.1. The van der Waals surface area contributed by atoms with Crippen molar-refractivity contribution in [2.75, 3.05) is 19.7 Å². The summed E-state index contributed by atoms with van der Waals surface area (Å²) in [7, 11) is 0. The number of nitrogens with zero attached hydrogens (tertiary/aromatic N) is 1. The summed E-state index contributed by atoms with van der Waals surface area (Å²) in [5, 5.41) is 0. The molecule has 1 heterocycles. The van der Waals surface area contributed by atoms with Crippen LogP contribution in [-0.2, 0) is 14.3 Å². The van der Waals surface area contributed by atoms with Gasteiger partial charge in [0.2, 0.25) is 0 Å². The molecule has 0 aromatic heterocycles. The number of morpholine rings is 1. The van der Waals surface area contributed by atoms with Gasteiger partial charge < -0.3 is 9.47 Å². The van der Waals surface area contributed by atoms with E-state index in [2.05, 4.69) is 32.6 Å². The molecular weight excluding hydrogens is 230 g/mol. The summed E-state index contributed by atoms with van der Waals surface area (Å²) in [5.41, 5.74) is -0.198. The maximum atomic E-state index is 12.0. The van der Waals surface area contributed by atoms with Crippen LogP contribution in [0, 0.1) is 0 Å². The van der Waals surface area contributed by atoms with Gasteiger partial charge >= 0.3 is 5.97 Å². The highest BCUT2D eigenvalue weighted by Crippen LogP contribution is 2.24. The molecule has 0 N–H and O–H groups in total. The van der Waals surface area contributed by atoms with Gasteiger partial charge in [-0.05, 0) is 34.1 Å². The van der Waals surface area contributed by atoms with E-state index in [1.807, 2.05) is 6.92 Å². The maximum Gasteiger partial charge on any atom is 0.323 e. The molecule has 2 unspecified atom stereocenters. The molecule has 1 saturated heterocycles. The first-order valence-corrected chi connectivity index (χ1v) is 6.98. The monoisotopic (exact) mass is 257 g/mol. The Bertz CT molecular complexity index is 278. The first-order valence-electron chi connectivity index (χ1n) is 6.98. The van der Waals surface area contributed by atoms with E-state index in [1.54, 1.807) is 0 Å². The third kappa shape index (κ3) is 4.25. The molecule has 1 rings (SSSR count). The number of esters is 1. The van der Waals surface area contributed by atoms with Crippen molar-refractivity contribution in [1.29, 1.82) is 0 Å². The Labute approximate surface area is 111 Å². The zero-order valence-corrected chi connectivity index (χ0v) is 12.4. The minimum Gasteiger partial charge on any atom is -0.465 e. The fraction of sp³-hybridized carbons (Fsp3) is 0.929. The van der Waals surface area contributed by atoms with E-state index >= 15 is 0 Å². The third-order valence-electron chi connectivity index (χ3n) is 3.16. The van der Waals surface area contributed by atoms with Crippen LogP contribution in [0.5, 0.6) is 0 Å². The molecular formula is C14H27NO3. The molecule has 4 nitrogen and oxygen atoms in total. The summed E-state index contributed by atoms with van der Waals surface area (Å²) >= 11 is 0. The Hall–Kier alpha value is -0.610. The number of carbonyl (C=O) groups excluding carboxylic acids is 1. The molecule has 0 aromatic rings. The lowest BCUT2D eigenvalue weighted by Gasteiger charge is -2.44. The van der Waals surface area contributed by atoms with E-state index in [-0.39, 0.29) is 23.7 Å². The maximum absolute atomic E-state index is 12.0. The average Bonchev–Trinajstić information content (AvgIpc) is 2.23. The second kappa shape index (κ2) is 6.53. The number of hydrogen-bond acceptors (Lipinski definition) is 4. The van der Waals surface area contributed by atoms with Gasteiger partial charge in [0.1, 0.15) is 6.04 Å². The second-order valence-electron chi connectivity index (χ2n) is 5.67. The third-order valence-corrected chi connectivity index (χ3v) is 3.16. The molecule has 0 aromatic carbocycles. The summed E-state index contributed by atoms with van der Waals surface area (Å²) in [6.45, 7) is 12.2. The lowest BCUT2D eigenvalue weighted by atomic mass is 10.0. The van der Waals surface area contributed by atoms with Gasteiger partial charge in [-0.3, -0.25) is 9.69 Å². The van der Waals surface area contributed by atoms with E-state index in [0.717, 1.165) is 25.9 Å². The minimum absolute atomic E-state index is 0.0933. The van der Waals surface area contributed by atoms with E-state index in [4.69, 9.17) is 9.47 Å². The van der Waals surface area contributed by atoms with E-state index < -0.39 is 0 Å². The van der Waals surface area contributed by atoms with Gasteiger partial charge in [0, 0.05) is 13.1 Å². The smallest absolute Gasteiger partial charge is 0.323 e. The lowest BCUT2D eigenvalue weighted by Crippen LogP contribution is -2.57. The fourth-order valence-corrected chi connectivity index (χ4v) is 2.70. The van der Waals surface area contributed by atoms with E-state index in [0.29, 0.717) is 6.61 Å². The molecule has 0 saturated carbocycles. The van der Waals surface area contributed by atoms with Crippen molar-refractivity contribution >= 4 is 5.97 Å². The summed E-state index contributed by atoms with van der Waals surface area (Å²) in [5.74, 6) is -0.0933. The van der Waals surface area contributed by atoms with Crippen molar-refractivity contribution < 1.29 is 14.3 Å². The standard InChI is InChI=1S/C14H27NO3/c1-6-8-12(13(16)17-7-2)15-9-11(3)18-14(4,5)10-15/h11-12H,6-10H2,1-5H3. The molecule has 1 fully saturated rings. The van der Waals surface area contributed by atoms with Crippen molar-refractivity contribution in [3.63, 3.8) is 0 Å². The van der Waals surface area contributed by atoms with Crippen LogP contribution >= 0.6 is 0 Å². The number of hydrogen-bond donors (Lipinski definition) is 0. The topological polar surface area (TPSA) is 38.8 Å². The van der Waals surface area contributed by atoms with Crippen LogP contribution in [0.2, 0.25) is 0 Å². The first kappa shape index (κ1) is 15.4. The highest BCUT2D eigenvalue weighted by molar-refractivity contribution is 5.75. The highest BCUT2D eigenvalue weighted by Gasteiger charge is 2.37. The average molecular weight is 257 g/mol. The Kier molecular flexibility index (Phi) is 5.60. The quantitative estimate of drug-likeness (QED) is 0.708. The van der Waals surface area contributed by atoms with Crippen molar-refractivity contribution in [1.82, 2.24) is 4.90 Å². The molecule has 1 aliphatic rings. The van der Waals surface area contributed by atoms with Crippen molar-refractivity contribution in [3.05, 3.63) is 0 Å². The fourth-order valence-electron chi connectivity index (χ4n) is 2.70. The second-order valence-corrected chi connectivity index (χ2v) is 5.67. The molecule has 0 radical (unpaired) electrons.